The Morgan fingerprint density at radius 2 is 2.00 bits per heavy atom. The van der Waals surface area contributed by atoms with Crippen LogP contribution in [0, 0.1) is 5.41 Å². The van der Waals surface area contributed by atoms with Crippen LogP contribution in [0.4, 0.5) is 0 Å². The van der Waals surface area contributed by atoms with Crippen LogP contribution in [-0.2, 0) is 9.59 Å². The molecule has 1 rings (SSSR count). The highest BCUT2D eigenvalue weighted by molar-refractivity contribution is 6.01. The highest BCUT2D eigenvalue weighted by Crippen LogP contribution is 2.29. The van der Waals surface area contributed by atoms with Crippen molar-refractivity contribution in [3.8, 4) is 0 Å². The molecule has 1 unspecified atom stereocenters. The first-order valence-electron chi connectivity index (χ1n) is 5.62. The van der Waals surface area contributed by atoms with Crippen LogP contribution in [0.5, 0.6) is 0 Å². The molecule has 1 atom stereocenters. The molecule has 1 aromatic carbocycles. The van der Waals surface area contributed by atoms with Gasteiger partial charge < -0.3 is 0 Å². The lowest BCUT2D eigenvalue weighted by molar-refractivity contribution is -0.125. The van der Waals surface area contributed by atoms with E-state index in [4.69, 9.17) is 0 Å². The fourth-order valence-electron chi connectivity index (χ4n) is 1.73. The average molecular weight is 229 g/mol. The molecule has 0 bridgehead atoms. The number of carbonyl (C=O) groups is 1. The molecule has 0 heterocycles. The van der Waals surface area contributed by atoms with Crippen LogP contribution < -0.4 is 0 Å². The Morgan fingerprint density at radius 3 is 2.47 bits per heavy atom. The number of benzene rings is 1. The quantitative estimate of drug-likeness (QED) is 0.555. The first kappa shape index (κ1) is 13.4. The maximum absolute atomic E-state index is 12.3. The summed E-state index contributed by atoms with van der Waals surface area (Å²) in [6, 6.07) is 9.46. The molecule has 0 aromatic heterocycles. The van der Waals surface area contributed by atoms with Crippen molar-refractivity contribution >= 4 is 12.1 Å². The summed E-state index contributed by atoms with van der Waals surface area (Å²) in [6.45, 7) is 6.86. The second-order valence-corrected chi connectivity index (χ2v) is 4.58. The van der Waals surface area contributed by atoms with Gasteiger partial charge in [-0.1, -0.05) is 36.4 Å². The molecule has 0 N–H and O–H groups in total. The van der Waals surface area contributed by atoms with Crippen molar-refractivity contribution in [3.63, 3.8) is 0 Å². The predicted octanol–water partition coefficient (Wildman–Crippen LogP) is 3.05. The molecule has 2 heteroatoms. The summed E-state index contributed by atoms with van der Waals surface area (Å²) in [4.78, 5) is 23.1. The Bertz CT molecular complexity index is 404. The van der Waals surface area contributed by atoms with Crippen LogP contribution >= 0.6 is 0 Å². The van der Waals surface area contributed by atoms with Crippen LogP contribution in [0.15, 0.2) is 43.0 Å². The smallest absolute Gasteiger partial charge is 0.212 e. The van der Waals surface area contributed by atoms with Gasteiger partial charge in [-0.05, 0) is 25.8 Å². The Morgan fingerprint density at radius 1 is 1.41 bits per heavy atom. The summed E-state index contributed by atoms with van der Waals surface area (Å²) < 4.78 is 0. The minimum absolute atomic E-state index is 0.112. The fraction of sp³-hybridized carbons (Fsp3) is 0.333. The third kappa shape index (κ3) is 3.13. The van der Waals surface area contributed by atoms with Gasteiger partial charge in [0, 0.05) is 5.92 Å². The SMILES string of the molecule is C=CCC(C(=O)C(C)(C)[C]=O)c1ccccc1. The Kier molecular flexibility index (Phi) is 4.38. The third-order valence-electron chi connectivity index (χ3n) is 2.79. The molecule has 0 aliphatic rings. The zero-order valence-corrected chi connectivity index (χ0v) is 10.3. The van der Waals surface area contributed by atoms with Crippen molar-refractivity contribution < 1.29 is 9.59 Å². The largest absolute Gasteiger partial charge is 0.298 e. The summed E-state index contributed by atoms with van der Waals surface area (Å²) in [5, 5.41) is 0. The summed E-state index contributed by atoms with van der Waals surface area (Å²) in [7, 11) is 0. The van der Waals surface area contributed by atoms with E-state index in [-0.39, 0.29) is 11.7 Å². The van der Waals surface area contributed by atoms with Crippen molar-refractivity contribution in [2.75, 3.05) is 0 Å². The van der Waals surface area contributed by atoms with Gasteiger partial charge in [0.15, 0.2) is 5.78 Å². The van der Waals surface area contributed by atoms with Gasteiger partial charge in [-0.25, -0.2) is 0 Å². The number of ketones is 1. The van der Waals surface area contributed by atoms with E-state index in [2.05, 4.69) is 6.58 Å². The fourth-order valence-corrected chi connectivity index (χ4v) is 1.73. The van der Waals surface area contributed by atoms with Gasteiger partial charge in [-0.3, -0.25) is 9.59 Å². The van der Waals surface area contributed by atoms with Crippen molar-refractivity contribution in [3.05, 3.63) is 48.6 Å². The molecule has 0 fully saturated rings. The number of rotatable bonds is 6. The molecule has 1 aromatic rings. The maximum Gasteiger partial charge on any atom is 0.212 e. The Balaban J connectivity index is 3.06. The van der Waals surface area contributed by atoms with Crippen molar-refractivity contribution in [1.29, 1.82) is 0 Å². The summed E-state index contributed by atoms with van der Waals surface area (Å²) in [6.07, 6.45) is 4.06. The zero-order valence-electron chi connectivity index (χ0n) is 10.3. The van der Waals surface area contributed by atoms with Gasteiger partial charge in [0.05, 0.1) is 5.41 Å². The number of Topliss-reactive ketones (excluding diaryl/α,β-unsaturated/α-hetero) is 1. The molecule has 0 saturated carbocycles. The maximum atomic E-state index is 12.3. The summed E-state index contributed by atoms with van der Waals surface area (Å²) in [5.41, 5.74) is -0.149. The number of hydrogen-bond donors (Lipinski definition) is 0. The number of hydrogen-bond acceptors (Lipinski definition) is 2. The monoisotopic (exact) mass is 229 g/mol. The molecule has 0 aliphatic heterocycles. The number of carbonyl (C=O) groups excluding carboxylic acids is 2. The van der Waals surface area contributed by atoms with Gasteiger partial charge in [0.25, 0.3) is 0 Å². The van der Waals surface area contributed by atoms with Crippen LogP contribution in [0.2, 0.25) is 0 Å². The topological polar surface area (TPSA) is 34.1 Å². The van der Waals surface area contributed by atoms with E-state index >= 15 is 0 Å². The third-order valence-corrected chi connectivity index (χ3v) is 2.79. The van der Waals surface area contributed by atoms with Gasteiger partial charge in [-0.15, -0.1) is 6.58 Å². The normalized spacial score (nSPS) is 12.8. The van der Waals surface area contributed by atoms with Gasteiger partial charge in [0.2, 0.25) is 6.29 Å². The van der Waals surface area contributed by atoms with E-state index in [0.717, 1.165) is 5.56 Å². The van der Waals surface area contributed by atoms with E-state index in [9.17, 15) is 9.59 Å². The lowest BCUT2D eigenvalue weighted by atomic mass is 9.78. The van der Waals surface area contributed by atoms with E-state index in [1.54, 1.807) is 19.9 Å². The summed E-state index contributed by atoms with van der Waals surface area (Å²) >= 11 is 0. The second kappa shape index (κ2) is 5.58. The van der Waals surface area contributed by atoms with Crippen LogP contribution in [0.25, 0.3) is 0 Å². The molecule has 89 valence electrons. The lowest BCUT2D eigenvalue weighted by Crippen LogP contribution is -2.31. The summed E-state index contributed by atoms with van der Waals surface area (Å²) in [5.74, 6) is -0.427. The van der Waals surface area contributed by atoms with Crippen molar-refractivity contribution in [1.82, 2.24) is 0 Å². The minimum atomic E-state index is -1.07. The molecule has 0 saturated heterocycles. The highest BCUT2D eigenvalue weighted by Gasteiger charge is 2.34. The van der Waals surface area contributed by atoms with E-state index in [1.807, 2.05) is 36.6 Å². The minimum Gasteiger partial charge on any atom is -0.298 e. The molecular formula is C15H17O2. The predicted molar refractivity (Wildman–Crippen MR) is 68.5 cm³/mol. The second-order valence-electron chi connectivity index (χ2n) is 4.58. The van der Waals surface area contributed by atoms with E-state index in [0.29, 0.717) is 6.42 Å². The molecule has 2 nitrogen and oxygen atoms in total. The first-order chi connectivity index (χ1) is 8.03. The van der Waals surface area contributed by atoms with Crippen LogP contribution in [0.1, 0.15) is 31.7 Å². The van der Waals surface area contributed by atoms with E-state index < -0.39 is 5.41 Å². The van der Waals surface area contributed by atoms with Gasteiger partial charge in [-0.2, -0.15) is 0 Å². The Labute approximate surface area is 102 Å². The van der Waals surface area contributed by atoms with Crippen molar-refractivity contribution in [2.24, 2.45) is 5.41 Å². The zero-order chi connectivity index (χ0) is 12.9. The van der Waals surface area contributed by atoms with Gasteiger partial charge in [0.1, 0.15) is 0 Å². The first-order valence-corrected chi connectivity index (χ1v) is 5.62. The Hall–Kier alpha value is -1.70. The van der Waals surface area contributed by atoms with Crippen molar-refractivity contribution in [2.45, 2.75) is 26.2 Å². The molecule has 0 aliphatic carbocycles. The van der Waals surface area contributed by atoms with Crippen LogP contribution in [0.3, 0.4) is 0 Å². The van der Waals surface area contributed by atoms with E-state index in [1.165, 1.54) is 0 Å². The average Bonchev–Trinajstić information content (AvgIpc) is 2.36. The molecule has 0 spiro atoms. The molecule has 1 radical (unpaired) electrons. The lowest BCUT2D eigenvalue weighted by Gasteiger charge is -2.22. The highest BCUT2D eigenvalue weighted by atomic mass is 16.1. The number of allylic oxidation sites excluding steroid dienone is 1. The van der Waals surface area contributed by atoms with Crippen LogP contribution in [-0.4, -0.2) is 12.1 Å². The molecule has 0 amide bonds. The van der Waals surface area contributed by atoms with Gasteiger partial charge >= 0.3 is 0 Å². The molecule has 17 heavy (non-hydrogen) atoms. The molecular weight excluding hydrogens is 212 g/mol. The standard InChI is InChI=1S/C15H17O2/c1-4-8-13(12-9-6-5-7-10-12)14(17)15(2,3)11-16/h4-7,9-10,13H,1,8H2,2-3H3.